The smallest absolute Gasteiger partial charge is 0.136 e. The maximum absolute atomic E-state index is 10.6. The van der Waals surface area contributed by atoms with Gasteiger partial charge in [-0.25, -0.2) is 5.48 Å². The van der Waals surface area contributed by atoms with Crippen molar-refractivity contribution in [2.75, 3.05) is 13.2 Å². The molecule has 3 nitrogen and oxygen atoms in total. The minimum atomic E-state index is 0.287. The van der Waals surface area contributed by atoms with Crippen molar-refractivity contribution in [3.05, 3.63) is 0 Å². The van der Waals surface area contributed by atoms with Crippen molar-refractivity contribution >= 4 is 5.78 Å². The lowest BCUT2D eigenvalue weighted by Gasteiger charge is -1.93. The van der Waals surface area contributed by atoms with Crippen LogP contribution >= 0.6 is 0 Å². The minimum absolute atomic E-state index is 0.287. The second-order valence-electron chi connectivity index (χ2n) is 1.78. The molecule has 1 rings (SSSR count). The lowest BCUT2D eigenvalue weighted by molar-refractivity contribution is -0.118. The topological polar surface area (TPSA) is 38.3 Å². The first kappa shape index (κ1) is 5.72. The van der Waals surface area contributed by atoms with Crippen LogP contribution in [0.2, 0.25) is 0 Å². The Hall–Kier alpha value is -0.410. The fraction of sp³-hybridized carbons (Fsp3) is 0.800. The van der Waals surface area contributed by atoms with Gasteiger partial charge in [-0.3, -0.25) is 4.79 Å². The Bertz CT molecular complexity index is 82.4. The predicted octanol–water partition coefficient (Wildman–Crippen LogP) is -0.130. The summed E-state index contributed by atoms with van der Waals surface area (Å²) in [5, 5.41) is 0. The first-order valence-electron chi connectivity index (χ1n) is 2.76. The third-order valence-corrected chi connectivity index (χ3v) is 1.09. The number of ketones is 1. The van der Waals surface area contributed by atoms with Crippen LogP contribution < -0.4 is 5.48 Å². The Morgan fingerprint density at radius 1 is 1.50 bits per heavy atom. The summed E-state index contributed by atoms with van der Waals surface area (Å²) < 4.78 is 0. The Kier molecular flexibility index (Phi) is 2.00. The number of rotatable bonds is 0. The van der Waals surface area contributed by atoms with Crippen molar-refractivity contribution in [1.29, 1.82) is 0 Å². The lowest BCUT2D eigenvalue weighted by atomic mass is 10.2. The molecule has 0 aromatic heterocycles. The van der Waals surface area contributed by atoms with Crippen molar-refractivity contribution in [1.82, 2.24) is 5.48 Å². The summed E-state index contributed by atoms with van der Waals surface area (Å²) in [5.74, 6) is 0.287. The lowest BCUT2D eigenvalue weighted by Crippen LogP contribution is -2.12. The first-order valence-corrected chi connectivity index (χ1v) is 2.76. The van der Waals surface area contributed by atoms with Crippen LogP contribution in [0, 0.1) is 0 Å². The van der Waals surface area contributed by atoms with Gasteiger partial charge >= 0.3 is 0 Å². The van der Waals surface area contributed by atoms with Gasteiger partial charge in [-0.15, -0.1) is 0 Å². The largest absolute Gasteiger partial charge is 0.301 e. The average Bonchev–Trinajstić information content (AvgIpc) is 1.94. The van der Waals surface area contributed by atoms with Crippen LogP contribution in [0.5, 0.6) is 0 Å². The number of Topliss-reactive ketones (excluding diaryl/α,β-unsaturated/α-hetero) is 1. The van der Waals surface area contributed by atoms with E-state index in [0.29, 0.717) is 26.0 Å². The summed E-state index contributed by atoms with van der Waals surface area (Å²) in [4.78, 5) is 15.4. The molecule has 0 aromatic carbocycles. The molecular weight excluding hydrogens is 106 g/mol. The summed E-state index contributed by atoms with van der Waals surface area (Å²) in [6.45, 7) is 1.19. The molecular formula is C5H9NO2. The van der Waals surface area contributed by atoms with Crippen molar-refractivity contribution in [2.45, 2.75) is 12.8 Å². The van der Waals surface area contributed by atoms with Crippen molar-refractivity contribution < 1.29 is 9.63 Å². The summed E-state index contributed by atoms with van der Waals surface area (Å²) in [5.41, 5.74) is 2.66. The highest BCUT2D eigenvalue weighted by Crippen LogP contribution is 1.92. The summed E-state index contributed by atoms with van der Waals surface area (Å²) in [6.07, 6.45) is 1.17. The number of hydrogen-bond donors (Lipinski definition) is 1. The third-order valence-electron chi connectivity index (χ3n) is 1.09. The highest BCUT2D eigenvalue weighted by Gasteiger charge is 2.04. The molecule has 46 valence electrons. The second kappa shape index (κ2) is 2.79. The second-order valence-corrected chi connectivity index (χ2v) is 1.78. The molecule has 0 radical (unpaired) electrons. The van der Waals surface area contributed by atoms with Crippen LogP contribution in [0.1, 0.15) is 12.8 Å². The van der Waals surface area contributed by atoms with Crippen molar-refractivity contribution in [3.8, 4) is 0 Å². The molecule has 0 aliphatic carbocycles. The van der Waals surface area contributed by atoms with Crippen molar-refractivity contribution in [3.63, 3.8) is 0 Å². The summed E-state index contributed by atoms with van der Waals surface area (Å²) in [6, 6.07) is 0. The van der Waals surface area contributed by atoms with Gasteiger partial charge in [-0.05, 0) is 0 Å². The molecule has 1 saturated heterocycles. The highest BCUT2D eigenvalue weighted by atomic mass is 16.6. The van der Waals surface area contributed by atoms with Gasteiger partial charge in [0.25, 0.3) is 0 Å². The van der Waals surface area contributed by atoms with Gasteiger partial charge < -0.3 is 4.84 Å². The Morgan fingerprint density at radius 3 is 3.25 bits per heavy atom. The monoisotopic (exact) mass is 115 g/mol. The number of nitrogens with one attached hydrogen (secondary N) is 1. The summed E-state index contributed by atoms with van der Waals surface area (Å²) in [7, 11) is 0. The van der Waals surface area contributed by atoms with E-state index in [2.05, 4.69) is 5.48 Å². The van der Waals surface area contributed by atoms with Crippen LogP contribution in [-0.2, 0) is 9.63 Å². The van der Waals surface area contributed by atoms with Gasteiger partial charge in [-0.1, -0.05) is 0 Å². The van der Waals surface area contributed by atoms with Gasteiger partial charge in [0.2, 0.25) is 0 Å². The van der Waals surface area contributed by atoms with Crippen molar-refractivity contribution in [2.24, 2.45) is 0 Å². The van der Waals surface area contributed by atoms with Crippen LogP contribution in [0.3, 0.4) is 0 Å². The fourth-order valence-corrected chi connectivity index (χ4v) is 0.625. The van der Waals surface area contributed by atoms with E-state index in [9.17, 15) is 4.79 Å². The predicted molar refractivity (Wildman–Crippen MR) is 28.2 cm³/mol. The Morgan fingerprint density at radius 2 is 2.38 bits per heavy atom. The molecule has 3 heteroatoms. The molecule has 0 spiro atoms. The number of carbonyl (C=O) groups is 1. The Labute approximate surface area is 48.0 Å². The van der Waals surface area contributed by atoms with Crippen LogP contribution in [-0.4, -0.2) is 18.9 Å². The minimum Gasteiger partial charge on any atom is -0.301 e. The van der Waals surface area contributed by atoms with Crippen LogP contribution in [0.25, 0.3) is 0 Å². The molecule has 1 aliphatic heterocycles. The number of carbonyl (C=O) groups excluding carboxylic acids is 1. The zero-order valence-electron chi connectivity index (χ0n) is 4.64. The van der Waals surface area contributed by atoms with Crippen LogP contribution in [0.15, 0.2) is 0 Å². The fourth-order valence-electron chi connectivity index (χ4n) is 0.625. The molecule has 0 saturated carbocycles. The van der Waals surface area contributed by atoms with E-state index in [1.54, 1.807) is 0 Å². The van der Waals surface area contributed by atoms with Gasteiger partial charge in [0.15, 0.2) is 0 Å². The van der Waals surface area contributed by atoms with E-state index < -0.39 is 0 Å². The molecule has 1 N–H and O–H groups in total. The molecule has 1 aliphatic rings. The average molecular weight is 115 g/mol. The summed E-state index contributed by atoms with van der Waals surface area (Å²) >= 11 is 0. The molecule has 0 bridgehead atoms. The number of hydroxylamine groups is 1. The quantitative estimate of drug-likeness (QED) is 0.478. The van der Waals surface area contributed by atoms with Gasteiger partial charge in [0, 0.05) is 19.4 Å². The van der Waals surface area contributed by atoms with E-state index in [0.717, 1.165) is 0 Å². The highest BCUT2D eigenvalue weighted by molar-refractivity contribution is 5.78. The first-order chi connectivity index (χ1) is 3.89. The van der Waals surface area contributed by atoms with Gasteiger partial charge in [0.05, 0.1) is 6.61 Å². The molecule has 0 aromatic rings. The molecule has 1 fully saturated rings. The molecule has 1 heterocycles. The normalized spacial score (nSPS) is 22.8. The van der Waals surface area contributed by atoms with E-state index in [4.69, 9.17) is 4.84 Å². The number of hydrogen-bond acceptors (Lipinski definition) is 3. The molecule has 0 amide bonds. The maximum Gasteiger partial charge on any atom is 0.136 e. The third kappa shape index (κ3) is 1.60. The maximum atomic E-state index is 10.6. The Balaban J connectivity index is 2.27. The molecule has 0 unspecified atom stereocenters. The zero-order chi connectivity index (χ0) is 5.82. The molecule has 0 atom stereocenters. The van der Waals surface area contributed by atoms with E-state index in [-0.39, 0.29) is 5.78 Å². The van der Waals surface area contributed by atoms with Gasteiger partial charge in [0.1, 0.15) is 5.78 Å². The SMILES string of the molecule is O=C1CCNOCC1. The molecule has 8 heavy (non-hydrogen) atoms. The van der Waals surface area contributed by atoms with Gasteiger partial charge in [-0.2, -0.15) is 0 Å². The van der Waals surface area contributed by atoms with Crippen LogP contribution in [0.4, 0.5) is 0 Å². The van der Waals surface area contributed by atoms with E-state index in [1.807, 2.05) is 0 Å². The van der Waals surface area contributed by atoms with E-state index in [1.165, 1.54) is 0 Å². The standard InChI is InChI=1S/C5H9NO2/c7-5-1-3-6-8-4-2-5/h6H,1-4H2. The zero-order valence-corrected chi connectivity index (χ0v) is 4.64. The van der Waals surface area contributed by atoms with E-state index >= 15 is 0 Å².